The normalized spacial score (nSPS) is 12.1. The van der Waals surface area contributed by atoms with Crippen LogP contribution in [0, 0.1) is 13.8 Å². The molecule has 4 nitrogen and oxygen atoms in total. The lowest BCUT2D eigenvalue weighted by molar-refractivity contribution is -0.140. The first-order valence-electron chi connectivity index (χ1n) is 5.97. The summed E-state index contributed by atoms with van der Waals surface area (Å²) in [6.45, 7) is 4.01. The minimum Gasteiger partial charge on any atom is -0.496 e. The molecule has 100 valence electrons. The van der Waals surface area contributed by atoms with Crippen molar-refractivity contribution in [2.75, 3.05) is 14.2 Å². The standard InChI is InChI=1S/C14H21NO3/c1-9-7-10(2)14(18-4)11(8-9)12(15)5-6-13(16)17-3/h7-8,12H,5-6,15H2,1-4H3. The van der Waals surface area contributed by atoms with Crippen LogP contribution >= 0.6 is 0 Å². The van der Waals surface area contributed by atoms with Crippen LogP contribution in [0.3, 0.4) is 0 Å². The van der Waals surface area contributed by atoms with Crippen LogP contribution in [0.4, 0.5) is 0 Å². The van der Waals surface area contributed by atoms with E-state index in [1.807, 2.05) is 19.9 Å². The van der Waals surface area contributed by atoms with Crippen LogP contribution in [-0.4, -0.2) is 20.2 Å². The summed E-state index contributed by atoms with van der Waals surface area (Å²) < 4.78 is 10.0. The summed E-state index contributed by atoms with van der Waals surface area (Å²) in [7, 11) is 3.01. The fourth-order valence-electron chi connectivity index (χ4n) is 2.07. The lowest BCUT2D eigenvalue weighted by atomic mass is 9.97. The number of nitrogens with two attached hydrogens (primary N) is 1. The topological polar surface area (TPSA) is 61.5 Å². The highest BCUT2D eigenvalue weighted by Gasteiger charge is 2.16. The third-order valence-corrected chi connectivity index (χ3v) is 2.94. The molecule has 0 saturated heterocycles. The fraction of sp³-hybridized carbons (Fsp3) is 0.500. The highest BCUT2D eigenvalue weighted by molar-refractivity contribution is 5.69. The second kappa shape index (κ2) is 6.40. The first-order valence-corrected chi connectivity index (χ1v) is 5.97. The molecule has 1 unspecified atom stereocenters. The SMILES string of the molecule is COC(=O)CCC(N)c1cc(C)cc(C)c1OC. The van der Waals surface area contributed by atoms with E-state index in [0.29, 0.717) is 12.8 Å². The van der Waals surface area contributed by atoms with Crippen molar-refractivity contribution < 1.29 is 14.3 Å². The van der Waals surface area contributed by atoms with Crippen LogP contribution in [-0.2, 0) is 9.53 Å². The lowest BCUT2D eigenvalue weighted by Gasteiger charge is -2.18. The van der Waals surface area contributed by atoms with Crippen LogP contribution in [0.15, 0.2) is 12.1 Å². The number of benzene rings is 1. The zero-order chi connectivity index (χ0) is 13.7. The first-order chi connectivity index (χ1) is 8.49. The Morgan fingerprint density at radius 1 is 1.33 bits per heavy atom. The average molecular weight is 251 g/mol. The van der Waals surface area contributed by atoms with E-state index in [9.17, 15) is 4.79 Å². The van der Waals surface area contributed by atoms with E-state index < -0.39 is 0 Å². The van der Waals surface area contributed by atoms with Crippen molar-refractivity contribution in [3.05, 3.63) is 28.8 Å². The van der Waals surface area contributed by atoms with Crippen LogP contribution in [0.25, 0.3) is 0 Å². The van der Waals surface area contributed by atoms with Gasteiger partial charge >= 0.3 is 5.97 Å². The van der Waals surface area contributed by atoms with Gasteiger partial charge in [0.1, 0.15) is 5.75 Å². The summed E-state index contributed by atoms with van der Waals surface area (Å²) in [6, 6.07) is 3.83. The Labute approximate surface area is 108 Å². The molecular formula is C14H21NO3. The van der Waals surface area contributed by atoms with Crippen molar-refractivity contribution in [3.8, 4) is 5.75 Å². The van der Waals surface area contributed by atoms with Gasteiger partial charge in [-0.15, -0.1) is 0 Å². The predicted octanol–water partition coefficient (Wildman–Crippen LogP) is 2.27. The fourth-order valence-corrected chi connectivity index (χ4v) is 2.07. The molecule has 1 atom stereocenters. The summed E-state index contributed by atoms with van der Waals surface area (Å²) in [5, 5.41) is 0. The molecule has 0 radical (unpaired) electrons. The van der Waals surface area contributed by atoms with Gasteiger partial charge in [0.15, 0.2) is 0 Å². The molecule has 0 saturated carbocycles. The lowest BCUT2D eigenvalue weighted by Crippen LogP contribution is -2.14. The Morgan fingerprint density at radius 2 is 2.00 bits per heavy atom. The number of rotatable bonds is 5. The molecule has 1 rings (SSSR count). The number of hydrogen-bond acceptors (Lipinski definition) is 4. The quantitative estimate of drug-likeness (QED) is 0.815. The van der Waals surface area contributed by atoms with E-state index in [1.165, 1.54) is 7.11 Å². The van der Waals surface area contributed by atoms with Crippen LogP contribution in [0.5, 0.6) is 5.75 Å². The largest absolute Gasteiger partial charge is 0.496 e. The third kappa shape index (κ3) is 3.47. The number of hydrogen-bond donors (Lipinski definition) is 1. The minimum absolute atomic E-state index is 0.224. The number of esters is 1. The highest BCUT2D eigenvalue weighted by Crippen LogP contribution is 2.31. The predicted molar refractivity (Wildman–Crippen MR) is 70.6 cm³/mol. The van der Waals surface area contributed by atoms with Crippen LogP contribution < -0.4 is 10.5 Å². The van der Waals surface area contributed by atoms with Gasteiger partial charge in [-0.2, -0.15) is 0 Å². The Kier molecular flexibility index (Phi) is 5.16. The maximum atomic E-state index is 11.1. The molecule has 0 aliphatic carbocycles. The molecule has 18 heavy (non-hydrogen) atoms. The van der Waals surface area contributed by atoms with Gasteiger partial charge in [0.25, 0.3) is 0 Å². The molecule has 0 aromatic heterocycles. The van der Waals surface area contributed by atoms with E-state index >= 15 is 0 Å². The summed E-state index contributed by atoms with van der Waals surface area (Å²) in [4.78, 5) is 11.1. The van der Waals surface area contributed by atoms with Gasteiger partial charge in [0.05, 0.1) is 14.2 Å². The second-order valence-corrected chi connectivity index (χ2v) is 4.43. The maximum absolute atomic E-state index is 11.1. The van der Waals surface area contributed by atoms with E-state index in [0.717, 1.165) is 22.4 Å². The van der Waals surface area contributed by atoms with E-state index in [-0.39, 0.29) is 12.0 Å². The molecule has 0 fully saturated rings. The molecule has 0 bridgehead atoms. The van der Waals surface area contributed by atoms with Gasteiger partial charge in [0.2, 0.25) is 0 Å². The van der Waals surface area contributed by atoms with E-state index in [2.05, 4.69) is 10.8 Å². The molecule has 0 aliphatic rings. The summed E-state index contributed by atoms with van der Waals surface area (Å²) in [5.41, 5.74) is 9.26. The van der Waals surface area contributed by atoms with Crippen molar-refractivity contribution >= 4 is 5.97 Å². The van der Waals surface area contributed by atoms with E-state index in [4.69, 9.17) is 10.5 Å². The van der Waals surface area contributed by atoms with Crippen molar-refractivity contribution in [2.45, 2.75) is 32.7 Å². The Bertz CT molecular complexity index is 429. The molecule has 2 N–H and O–H groups in total. The van der Waals surface area contributed by atoms with Crippen LogP contribution in [0.2, 0.25) is 0 Å². The number of methoxy groups -OCH3 is 2. The smallest absolute Gasteiger partial charge is 0.305 e. The maximum Gasteiger partial charge on any atom is 0.305 e. The Hall–Kier alpha value is -1.55. The molecule has 0 amide bonds. The number of carbonyl (C=O) groups is 1. The van der Waals surface area contributed by atoms with Gasteiger partial charge in [0, 0.05) is 18.0 Å². The molecule has 0 heterocycles. The molecule has 1 aromatic rings. The summed E-state index contributed by atoms with van der Waals surface area (Å²) in [6.07, 6.45) is 0.861. The third-order valence-electron chi connectivity index (χ3n) is 2.94. The average Bonchev–Trinajstić information content (AvgIpc) is 2.34. The zero-order valence-corrected chi connectivity index (χ0v) is 11.4. The van der Waals surface area contributed by atoms with Gasteiger partial charge in [-0.1, -0.05) is 17.7 Å². The number of aryl methyl sites for hydroxylation is 2. The van der Waals surface area contributed by atoms with E-state index in [1.54, 1.807) is 7.11 Å². The second-order valence-electron chi connectivity index (χ2n) is 4.43. The Morgan fingerprint density at radius 3 is 2.56 bits per heavy atom. The molecule has 0 spiro atoms. The zero-order valence-electron chi connectivity index (χ0n) is 11.4. The monoisotopic (exact) mass is 251 g/mol. The van der Waals surface area contributed by atoms with Gasteiger partial charge < -0.3 is 15.2 Å². The summed E-state index contributed by atoms with van der Waals surface area (Å²) in [5.74, 6) is 0.562. The summed E-state index contributed by atoms with van der Waals surface area (Å²) >= 11 is 0. The number of ether oxygens (including phenoxy) is 2. The van der Waals surface area contributed by atoms with Crippen molar-refractivity contribution in [1.82, 2.24) is 0 Å². The van der Waals surface area contributed by atoms with Crippen molar-refractivity contribution in [3.63, 3.8) is 0 Å². The molecule has 1 aromatic carbocycles. The molecular weight excluding hydrogens is 230 g/mol. The Balaban J connectivity index is 2.90. The molecule has 4 heteroatoms. The number of carbonyl (C=O) groups excluding carboxylic acids is 1. The van der Waals surface area contributed by atoms with Gasteiger partial charge in [-0.05, 0) is 25.8 Å². The van der Waals surface area contributed by atoms with Gasteiger partial charge in [-0.25, -0.2) is 0 Å². The van der Waals surface area contributed by atoms with Gasteiger partial charge in [-0.3, -0.25) is 4.79 Å². The highest BCUT2D eigenvalue weighted by atomic mass is 16.5. The minimum atomic E-state index is -0.242. The van der Waals surface area contributed by atoms with Crippen molar-refractivity contribution in [2.24, 2.45) is 5.73 Å². The molecule has 0 aliphatic heterocycles. The first kappa shape index (κ1) is 14.5. The van der Waals surface area contributed by atoms with Crippen LogP contribution in [0.1, 0.15) is 35.6 Å². The van der Waals surface area contributed by atoms with Crippen molar-refractivity contribution in [1.29, 1.82) is 0 Å².